The monoisotopic (exact) mass is 392 g/mol. The van der Waals surface area contributed by atoms with Crippen LogP contribution in [0.2, 0.25) is 0 Å². The Labute approximate surface area is 164 Å². The normalized spacial score (nSPS) is 22.4. The van der Waals surface area contributed by atoms with Crippen molar-refractivity contribution in [1.82, 2.24) is 4.90 Å². The van der Waals surface area contributed by atoms with Gasteiger partial charge in [0.2, 0.25) is 5.91 Å². The molecule has 1 aromatic rings. The molecule has 7 heteroatoms. The molecule has 27 heavy (non-hydrogen) atoms. The van der Waals surface area contributed by atoms with Crippen LogP contribution in [0.1, 0.15) is 66.8 Å². The van der Waals surface area contributed by atoms with Crippen molar-refractivity contribution >= 4 is 34.1 Å². The van der Waals surface area contributed by atoms with Crippen LogP contribution in [0.5, 0.6) is 0 Å². The van der Waals surface area contributed by atoms with Gasteiger partial charge in [0, 0.05) is 22.9 Å². The van der Waals surface area contributed by atoms with Crippen LogP contribution in [0.25, 0.3) is 0 Å². The molecule has 0 bridgehead atoms. The van der Waals surface area contributed by atoms with Gasteiger partial charge in [0.05, 0.1) is 5.56 Å². The van der Waals surface area contributed by atoms with Crippen molar-refractivity contribution < 1.29 is 19.1 Å². The molecule has 1 saturated heterocycles. The first kappa shape index (κ1) is 19.9. The maximum Gasteiger partial charge on any atom is 0.341 e. The van der Waals surface area contributed by atoms with Gasteiger partial charge in [-0.05, 0) is 65.4 Å². The lowest BCUT2D eigenvalue weighted by molar-refractivity contribution is -0.140. The summed E-state index contributed by atoms with van der Waals surface area (Å²) in [5.41, 5.74) is 1.17. The summed E-state index contributed by atoms with van der Waals surface area (Å²) < 4.78 is 5.36. The Hall–Kier alpha value is -1.89. The van der Waals surface area contributed by atoms with Crippen LogP contribution in [0.15, 0.2) is 0 Å². The van der Waals surface area contributed by atoms with Gasteiger partial charge in [0.1, 0.15) is 5.00 Å². The first-order valence-electron chi connectivity index (χ1n) is 9.68. The number of amides is 2. The highest BCUT2D eigenvalue weighted by Crippen LogP contribution is 2.36. The number of hydrogen-bond donors (Lipinski definition) is 1. The number of ether oxygens (including phenoxy) is 1. The van der Waals surface area contributed by atoms with Crippen molar-refractivity contribution in [3.05, 3.63) is 16.0 Å². The van der Waals surface area contributed by atoms with E-state index in [4.69, 9.17) is 4.74 Å². The van der Waals surface area contributed by atoms with Crippen molar-refractivity contribution in [3.63, 3.8) is 0 Å². The largest absolute Gasteiger partial charge is 0.452 e. The number of rotatable bonds is 5. The van der Waals surface area contributed by atoms with E-state index in [0.717, 1.165) is 42.5 Å². The van der Waals surface area contributed by atoms with Crippen molar-refractivity contribution in [2.75, 3.05) is 11.9 Å². The average Bonchev–Trinajstić information content (AvgIpc) is 3.41. The van der Waals surface area contributed by atoms with Crippen LogP contribution in [-0.4, -0.2) is 41.4 Å². The molecule has 2 amide bonds. The van der Waals surface area contributed by atoms with Crippen LogP contribution >= 0.6 is 11.3 Å². The summed E-state index contributed by atoms with van der Waals surface area (Å²) in [6.45, 7) is 7.55. The molecule has 6 nitrogen and oxygen atoms in total. The smallest absolute Gasteiger partial charge is 0.341 e. The number of carbonyl (C=O) groups is 3. The molecule has 0 spiro atoms. The molecule has 1 aliphatic heterocycles. The van der Waals surface area contributed by atoms with E-state index in [9.17, 15) is 14.4 Å². The number of aryl methyl sites for hydroxylation is 1. The SMILES string of the molecule is Cc1sc(NC(=O)C2CC2)c(C(=O)OCC(=O)N2[C@@H](C)CCC[C@@H]2C)c1C. The highest BCUT2D eigenvalue weighted by molar-refractivity contribution is 7.16. The molecule has 2 heterocycles. The van der Waals surface area contributed by atoms with Crippen LogP contribution in [0.4, 0.5) is 5.00 Å². The predicted octanol–water partition coefficient (Wildman–Crippen LogP) is 3.66. The summed E-state index contributed by atoms with van der Waals surface area (Å²) in [5, 5.41) is 3.39. The molecule has 2 atom stereocenters. The molecule has 2 fully saturated rings. The molecular weight excluding hydrogens is 364 g/mol. The number of anilines is 1. The van der Waals surface area contributed by atoms with E-state index in [-0.39, 0.29) is 36.4 Å². The van der Waals surface area contributed by atoms with Gasteiger partial charge in [-0.15, -0.1) is 11.3 Å². The summed E-state index contributed by atoms with van der Waals surface area (Å²) in [5.74, 6) is -0.692. The molecule has 1 aliphatic carbocycles. The summed E-state index contributed by atoms with van der Waals surface area (Å²) in [6.07, 6.45) is 4.86. The summed E-state index contributed by atoms with van der Waals surface area (Å²) in [7, 11) is 0. The molecule has 3 rings (SSSR count). The number of nitrogens with one attached hydrogen (secondary N) is 1. The van der Waals surface area contributed by atoms with Crippen molar-refractivity contribution in [2.24, 2.45) is 5.92 Å². The molecule has 0 aromatic carbocycles. The van der Waals surface area contributed by atoms with Crippen LogP contribution in [-0.2, 0) is 14.3 Å². The van der Waals surface area contributed by atoms with Gasteiger partial charge in [-0.3, -0.25) is 9.59 Å². The minimum atomic E-state index is -0.548. The molecule has 1 N–H and O–H groups in total. The number of piperidine rings is 1. The maximum absolute atomic E-state index is 12.7. The fourth-order valence-corrected chi connectivity index (χ4v) is 4.76. The molecule has 0 unspecified atom stereocenters. The lowest BCUT2D eigenvalue weighted by Gasteiger charge is -2.38. The zero-order chi connectivity index (χ0) is 19.7. The maximum atomic E-state index is 12.7. The van der Waals surface area contributed by atoms with Gasteiger partial charge in [-0.1, -0.05) is 0 Å². The van der Waals surface area contributed by atoms with E-state index in [1.807, 2.05) is 32.6 Å². The Morgan fingerprint density at radius 1 is 1.11 bits per heavy atom. The zero-order valence-corrected chi connectivity index (χ0v) is 17.3. The van der Waals surface area contributed by atoms with Gasteiger partial charge in [0.25, 0.3) is 5.91 Å². The van der Waals surface area contributed by atoms with E-state index in [1.165, 1.54) is 11.3 Å². The van der Waals surface area contributed by atoms with E-state index in [2.05, 4.69) is 5.32 Å². The van der Waals surface area contributed by atoms with Crippen molar-refractivity contribution in [1.29, 1.82) is 0 Å². The third kappa shape index (κ3) is 4.34. The fourth-order valence-electron chi connectivity index (χ4n) is 3.71. The second kappa shape index (κ2) is 8.00. The van der Waals surface area contributed by atoms with Crippen LogP contribution in [0, 0.1) is 19.8 Å². The molecule has 1 saturated carbocycles. The second-order valence-electron chi connectivity index (χ2n) is 7.76. The predicted molar refractivity (Wildman–Crippen MR) is 105 cm³/mol. The summed E-state index contributed by atoms with van der Waals surface area (Å²) in [6, 6.07) is 0.331. The number of thiophene rings is 1. The standard InChI is InChI=1S/C20H28N2O4S/c1-11-6-5-7-12(2)22(11)16(23)10-26-20(25)17-13(3)14(4)27-19(17)21-18(24)15-8-9-15/h11-12,15H,5-10H2,1-4H3,(H,21,24)/t11-,12-/m0/s1. The van der Waals surface area contributed by atoms with Gasteiger partial charge in [0.15, 0.2) is 6.61 Å². The third-order valence-corrected chi connectivity index (χ3v) is 6.71. The van der Waals surface area contributed by atoms with Crippen LogP contribution in [0.3, 0.4) is 0 Å². The van der Waals surface area contributed by atoms with Gasteiger partial charge in [-0.2, -0.15) is 0 Å². The Morgan fingerprint density at radius 2 is 1.74 bits per heavy atom. The lowest BCUT2D eigenvalue weighted by atomic mass is 9.97. The molecule has 0 radical (unpaired) electrons. The molecule has 148 valence electrons. The number of carbonyl (C=O) groups excluding carboxylic acids is 3. The van der Waals surface area contributed by atoms with Crippen molar-refractivity contribution in [2.45, 2.75) is 71.9 Å². The third-order valence-electron chi connectivity index (χ3n) is 5.58. The molecular formula is C20H28N2O4S. The first-order chi connectivity index (χ1) is 12.8. The topological polar surface area (TPSA) is 75.7 Å². The second-order valence-corrected chi connectivity index (χ2v) is 8.98. The van der Waals surface area contributed by atoms with Crippen molar-refractivity contribution in [3.8, 4) is 0 Å². The minimum absolute atomic E-state index is 0.0441. The number of likely N-dealkylation sites (tertiary alicyclic amines) is 1. The molecule has 1 aromatic heterocycles. The fraction of sp³-hybridized carbons (Fsp3) is 0.650. The Morgan fingerprint density at radius 3 is 2.33 bits per heavy atom. The lowest BCUT2D eigenvalue weighted by Crippen LogP contribution is -2.49. The average molecular weight is 393 g/mol. The van der Waals surface area contributed by atoms with Gasteiger partial charge < -0.3 is 15.0 Å². The van der Waals surface area contributed by atoms with E-state index in [1.54, 1.807) is 0 Å². The molecule has 2 aliphatic rings. The highest BCUT2D eigenvalue weighted by Gasteiger charge is 2.33. The number of nitrogens with zero attached hydrogens (tertiary/aromatic N) is 1. The number of esters is 1. The van der Waals surface area contributed by atoms with Gasteiger partial charge >= 0.3 is 5.97 Å². The highest BCUT2D eigenvalue weighted by atomic mass is 32.1. The quantitative estimate of drug-likeness (QED) is 0.776. The van der Waals surface area contributed by atoms with E-state index in [0.29, 0.717) is 10.6 Å². The minimum Gasteiger partial charge on any atom is -0.452 e. The Balaban J connectivity index is 1.67. The number of hydrogen-bond acceptors (Lipinski definition) is 5. The Bertz CT molecular complexity index is 743. The van der Waals surface area contributed by atoms with Crippen LogP contribution < -0.4 is 5.32 Å². The van der Waals surface area contributed by atoms with Gasteiger partial charge in [-0.25, -0.2) is 4.79 Å². The van der Waals surface area contributed by atoms with E-state index >= 15 is 0 Å². The van der Waals surface area contributed by atoms with E-state index < -0.39 is 5.97 Å². The summed E-state index contributed by atoms with van der Waals surface area (Å²) >= 11 is 1.38. The Kier molecular flexibility index (Phi) is 5.89. The first-order valence-corrected chi connectivity index (χ1v) is 10.5. The summed E-state index contributed by atoms with van der Waals surface area (Å²) in [4.78, 5) is 40.2. The zero-order valence-electron chi connectivity index (χ0n) is 16.5.